The summed E-state index contributed by atoms with van der Waals surface area (Å²) in [4.78, 5) is 13.3. The van der Waals surface area contributed by atoms with E-state index in [4.69, 9.17) is 0 Å². The fraction of sp³-hybridized carbons (Fsp3) is 0.500. The summed E-state index contributed by atoms with van der Waals surface area (Å²) in [7, 11) is 1.36. The van der Waals surface area contributed by atoms with Crippen LogP contribution in [0.15, 0.2) is 24.3 Å². The van der Waals surface area contributed by atoms with Crippen molar-refractivity contribution in [2.45, 2.75) is 25.4 Å². The van der Waals surface area contributed by atoms with Gasteiger partial charge in [0.1, 0.15) is 5.82 Å². The van der Waals surface area contributed by atoms with Gasteiger partial charge < -0.3 is 10.1 Å². The molecule has 19 heavy (non-hydrogen) atoms. The molecular formula is C14H19FN2O2. The number of halogens is 1. The van der Waals surface area contributed by atoms with Crippen LogP contribution in [0.25, 0.3) is 0 Å². The smallest absolute Gasteiger partial charge is 0.407 e. The number of benzene rings is 1. The van der Waals surface area contributed by atoms with E-state index in [0.29, 0.717) is 12.1 Å². The number of nitrogens with zero attached hydrogens (tertiary/aromatic N) is 1. The van der Waals surface area contributed by atoms with Gasteiger partial charge in [0, 0.05) is 24.7 Å². The number of carbonyl (C=O) groups is 1. The molecule has 0 aromatic heterocycles. The van der Waals surface area contributed by atoms with Crippen LogP contribution in [0.1, 0.15) is 18.4 Å². The highest BCUT2D eigenvalue weighted by atomic mass is 19.1. The van der Waals surface area contributed by atoms with Crippen LogP contribution in [0.3, 0.4) is 0 Å². The van der Waals surface area contributed by atoms with Gasteiger partial charge in [-0.15, -0.1) is 0 Å². The number of ether oxygens (including phenoxy) is 1. The van der Waals surface area contributed by atoms with Crippen molar-refractivity contribution in [1.29, 1.82) is 0 Å². The molecular weight excluding hydrogens is 247 g/mol. The predicted molar refractivity (Wildman–Crippen MR) is 70.2 cm³/mol. The van der Waals surface area contributed by atoms with Crippen molar-refractivity contribution >= 4 is 6.09 Å². The maximum Gasteiger partial charge on any atom is 0.407 e. The number of amides is 1. The Balaban J connectivity index is 1.91. The van der Waals surface area contributed by atoms with Gasteiger partial charge in [-0.25, -0.2) is 9.18 Å². The number of hydrogen-bond donors (Lipinski definition) is 1. The van der Waals surface area contributed by atoms with Crippen LogP contribution in [0.4, 0.5) is 9.18 Å². The van der Waals surface area contributed by atoms with E-state index in [1.165, 1.54) is 13.2 Å². The number of likely N-dealkylation sites (tertiary alicyclic amines) is 1. The number of rotatable bonds is 3. The van der Waals surface area contributed by atoms with Gasteiger partial charge in [-0.2, -0.15) is 0 Å². The van der Waals surface area contributed by atoms with Gasteiger partial charge in [-0.1, -0.05) is 18.2 Å². The SMILES string of the molecule is COC(=O)NC1CCCN(Cc2ccccc2F)C1. The lowest BCUT2D eigenvalue weighted by atomic mass is 10.0. The lowest BCUT2D eigenvalue weighted by Crippen LogP contribution is -2.47. The third kappa shape index (κ3) is 3.92. The summed E-state index contributed by atoms with van der Waals surface area (Å²) >= 11 is 0. The summed E-state index contributed by atoms with van der Waals surface area (Å²) in [5.74, 6) is -0.175. The number of nitrogens with one attached hydrogen (secondary N) is 1. The first-order chi connectivity index (χ1) is 9.19. The maximum absolute atomic E-state index is 13.6. The Labute approximate surface area is 112 Å². The summed E-state index contributed by atoms with van der Waals surface area (Å²) in [6.45, 7) is 2.23. The van der Waals surface area contributed by atoms with Gasteiger partial charge >= 0.3 is 6.09 Å². The molecule has 1 unspecified atom stereocenters. The van der Waals surface area contributed by atoms with E-state index in [9.17, 15) is 9.18 Å². The minimum Gasteiger partial charge on any atom is -0.453 e. The maximum atomic E-state index is 13.6. The molecule has 1 aliphatic rings. The molecule has 0 radical (unpaired) electrons. The van der Waals surface area contributed by atoms with Crippen LogP contribution in [0, 0.1) is 5.82 Å². The molecule has 0 bridgehead atoms. The Bertz CT molecular complexity index is 439. The molecule has 1 saturated heterocycles. The Morgan fingerprint density at radius 3 is 3.05 bits per heavy atom. The summed E-state index contributed by atoms with van der Waals surface area (Å²) in [5, 5.41) is 2.80. The third-order valence-electron chi connectivity index (χ3n) is 3.36. The number of methoxy groups -OCH3 is 1. The Hall–Kier alpha value is -1.62. The molecule has 0 spiro atoms. The molecule has 1 aliphatic heterocycles. The van der Waals surface area contributed by atoms with Crippen LogP contribution < -0.4 is 5.32 Å². The summed E-state index contributed by atoms with van der Waals surface area (Å²) in [5.41, 5.74) is 0.696. The Morgan fingerprint density at radius 1 is 1.53 bits per heavy atom. The summed E-state index contributed by atoms with van der Waals surface area (Å²) < 4.78 is 18.2. The van der Waals surface area contributed by atoms with Crippen molar-refractivity contribution in [3.63, 3.8) is 0 Å². The van der Waals surface area contributed by atoms with Gasteiger partial charge in [0.25, 0.3) is 0 Å². The average molecular weight is 266 g/mol. The lowest BCUT2D eigenvalue weighted by Gasteiger charge is -2.32. The minimum atomic E-state index is -0.405. The van der Waals surface area contributed by atoms with Gasteiger partial charge in [0.2, 0.25) is 0 Å². The van der Waals surface area contributed by atoms with Crippen molar-refractivity contribution in [3.05, 3.63) is 35.6 Å². The Kier molecular flexibility index (Phi) is 4.74. The molecule has 1 amide bonds. The van der Waals surface area contributed by atoms with Gasteiger partial charge in [0.05, 0.1) is 7.11 Å². The number of alkyl carbamates (subject to hydrolysis) is 1. The molecule has 0 saturated carbocycles. The van der Waals surface area contributed by atoms with E-state index in [1.807, 2.05) is 6.07 Å². The summed E-state index contributed by atoms with van der Waals surface area (Å²) in [6.07, 6.45) is 1.52. The zero-order valence-electron chi connectivity index (χ0n) is 11.1. The molecule has 4 nitrogen and oxygen atoms in total. The minimum absolute atomic E-state index is 0.0768. The second-order valence-electron chi connectivity index (χ2n) is 4.80. The molecule has 1 atom stereocenters. The highest BCUT2D eigenvalue weighted by Gasteiger charge is 2.22. The molecule has 0 aliphatic carbocycles. The third-order valence-corrected chi connectivity index (χ3v) is 3.36. The van der Waals surface area contributed by atoms with E-state index in [1.54, 1.807) is 12.1 Å². The van der Waals surface area contributed by atoms with Crippen molar-refractivity contribution in [2.24, 2.45) is 0 Å². The van der Waals surface area contributed by atoms with E-state index < -0.39 is 6.09 Å². The van der Waals surface area contributed by atoms with Gasteiger partial charge in [-0.05, 0) is 25.5 Å². The normalized spacial score (nSPS) is 20.0. The molecule has 1 heterocycles. The quantitative estimate of drug-likeness (QED) is 0.911. The first kappa shape index (κ1) is 13.8. The van der Waals surface area contributed by atoms with Crippen LogP contribution in [0.5, 0.6) is 0 Å². The van der Waals surface area contributed by atoms with Crippen molar-refractivity contribution in [3.8, 4) is 0 Å². The van der Waals surface area contributed by atoms with E-state index in [2.05, 4.69) is 15.0 Å². The first-order valence-electron chi connectivity index (χ1n) is 6.49. The fourth-order valence-electron chi connectivity index (χ4n) is 2.41. The molecule has 5 heteroatoms. The van der Waals surface area contributed by atoms with E-state index >= 15 is 0 Å². The highest BCUT2D eigenvalue weighted by molar-refractivity contribution is 5.67. The first-order valence-corrected chi connectivity index (χ1v) is 6.49. The average Bonchev–Trinajstić information content (AvgIpc) is 2.42. The second kappa shape index (κ2) is 6.52. The standard InChI is InChI=1S/C14H19FN2O2/c1-19-14(18)16-12-6-4-8-17(10-12)9-11-5-2-3-7-13(11)15/h2-3,5,7,12H,4,6,8-10H2,1H3,(H,16,18). The molecule has 1 fully saturated rings. The molecule has 1 aromatic rings. The second-order valence-corrected chi connectivity index (χ2v) is 4.80. The predicted octanol–water partition coefficient (Wildman–Crippen LogP) is 2.15. The molecule has 2 rings (SSSR count). The summed E-state index contributed by atoms with van der Waals surface area (Å²) in [6, 6.07) is 6.88. The zero-order valence-corrected chi connectivity index (χ0v) is 11.1. The van der Waals surface area contributed by atoms with Gasteiger partial charge in [-0.3, -0.25) is 4.90 Å². The van der Waals surface area contributed by atoms with Crippen molar-refractivity contribution in [2.75, 3.05) is 20.2 Å². The zero-order chi connectivity index (χ0) is 13.7. The van der Waals surface area contributed by atoms with Crippen LogP contribution in [-0.2, 0) is 11.3 Å². The number of carbonyl (C=O) groups excluding carboxylic acids is 1. The fourth-order valence-corrected chi connectivity index (χ4v) is 2.41. The van der Waals surface area contributed by atoms with E-state index in [0.717, 1.165) is 25.9 Å². The molecule has 1 aromatic carbocycles. The van der Waals surface area contributed by atoms with E-state index in [-0.39, 0.29) is 11.9 Å². The van der Waals surface area contributed by atoms with Crippen molar-refractivity contribution < 1.29 is 13.9 Å². The van der Waals surface area contributed by atoms with Crippen LogP contribution in [-0.4, -0.2) is 37.2 Å². The highest BCUT2D eigenvalue weighted by Crippen LogP contribution is 2.15. The van der Waals surface area contributed by atoms with Gasteiger partial charge in [0.15, 0.2) is 0 Å². The van der Waals surface area contributed by atoms with Crippen LogP contribution >= 0.6 is 0 Å². The topological polar surface area (TPSA) is 41.6 Å². The largest absolute Gasteiger partial charge is 0.453 e. The Morgan fingerprint density at radius 2 is 2.32 bits per heavy atom. The lowest BCUT2D eigenvalue weighted by molar-refractivity contribution is 0.145. The number of hydrogen-bond acceptors (Lipinski definition) is 3. The molecule has 1 N–H and O–H groups in total. The number of piperidine rings is 1. The monoisotopic (exact) mass is 266 g/mol. The molecule has 104 valence electrons. The van der Waals surface area contributed by atoms with Crippen molar-refractivity contribution in [1.82, 2.24) is 10.2 Å². The van der Waals surface area contributed by atoms with Crippen LogP contribution in [0.2, 0.25) is 0 Å².